The van der Waals surface area contributed by atoms with Crippen LogP contribution in [0.5, 0.6) is 17.2 Å². The summed E-state index contributed by atoms with van der Waals surface area (Å²) >= 11 is 3.33. The van der Waals surface area contributed by atoms with Crippen LogP contribution in [0.25, 0.3) is 0 Å². The van der Waals surface area contributed by atoms with E-state index in [9.17, 15) is 4.79 Å². The quantitative estimate of drug-likeness (QED) is 0.867. The standard InChI is InChI=1S/C15H14BrNO4/c1-20-14-6-9(8-18)2-4-13(14)21-12-5-3-10(15(17)19)7-11(12)16/h2-7,18H,8H2,1H3,(H2,17,19). The fraction of sp³-hybridized carbons (Fsp3) is 0.133. The van der Waals surface area contributed by atoms with Gasteiger partial charge < -0.3 is 20.3 Å². The van der Waals surface area contributed by atoms with E-state index < -0.39 is 5.91 Å². The normalized spacial score (nSPS) is 10.2. The molecule has 0 aliphatic carbocycles. The lowest BCUT2D eigenvalue weighted by atomic mass is 10.2. The second kappa shape index (κ2) is 6.60. The minimum Gasteiger partial charge on any atom is -0.493 e. The van der Waals surface area contributed by atoms with Gasteiger partial charge in [-0.25, -0.2) is 0 Å². The predicted octanol–water partition coefficient (Wildman–Crippen LogP) is 2.84. The molecular weight excluding hydrogens is 338 g/mol. The maximum atomic E-state index is 11.1. The van der Waals surface area contributed by atoms with Gasteiger partial charge >= 0.3 is 0 Å². The Morgan fingerprint density at radius 3 is 2.48 bits per heavy atom. The van der Waals surface area contributed by atoms with Gasteiger partial charge in [0.25, 0.3) is 0 Å². The Morgan fingerprint density at radius 1 is 1.19 bits per heavy atom. The van der Waals surface area contributed by atoms with Crippen molar-refractivity contribution in [3.8, 4) is 17.2 Å². The highest BCUT2D eigenvalue weighted by atomic mass is 79.9. The summed E-state index contributed by atoms with van der Waals surface area (Å²) in [6, 6.07) is 9.95. The van der Waals surface area contributed by atoms with Crippen molar-refractivity contribution in [2.24, 2.45) is 5.73 Å². The van der Waals surface area contributed by atoms with Crippen molar-refractivity contribution in [2.45, 2.75) is 6.61 Å². The lowest BCUT2D eigenvalue weighted by Gasteiger charge is -2.13. The molecule has 0 unspecified atom stereocenters. The largest absolute Gasteiger partial charge is 0.493 e. The fourth-order valence-corrected chi connectivity index (χ4v) is 2.21. The molecule has 0 atom stereocenters. The number of aliphatic hydroxyl groups excluding tert-OH is 1. The molecule has 3 N–H and O–H groups in total. The van der Waals surface area contributed by atoms with E-state index in [1.54, 1.807) is 36.4 Å². The predicted molar refractivity (Wildman–Crippen MR) is 81.7 cm³/mol. The van der Waals surface area contributed by atoms with E-state index in [1.165, 1.54) is 7.11 Å². The Hall–Kier alpha value is -2.05. The molecule has 0 saturated heterocycles. The minimum atomic E-state index is -0.507. The van der Waals surface area contributed by atoms with Gasteiger partial charge in [-0.15, -0.1) is 0 Å². The maximum Gasteiger partial charge on any atom is 0.248 e. The van der Waals surface area contributed by atoms with Crippen LogP contribution in [-0.2, 0) is 6.61 Å². The molecule has 5 nitrogen and oxygen atoms in total. The molecule has 1 amide bonds. The Balaban J connectivity index is 2.32. The zero-order valence-electron chi connectivity index (χ0n) is 11.3. The number of hydrogen-bond acceptors (Lipinski definition) is 4. The molecule has 2 aromatic carbocycles. The molecule has 0 saturated carbocycles. The summed E-state index contributed by atoms with van der Waals surface area (Å²) in [6.45, 7) is -0.0758. The fourth-order valence-electron chi connectivity index (χ4n) is 1.75. The number of carbonyl (C=O) groups excluding carboxylic acids is 1. The van der Waals surface area contributed by atoms with Crippen molar-refractivity contribution in [1.29, 1.82) is 0 Å². The highest BCUT2D eigenvalue weighted by Gasteiger charge is 2.11. The smallest absolute Gasteiger partial charge is 0.248 e. The number of methoxy groups -OCH3 is 1. The first kappa shape index (κ1) is 15.3. The molecule has 0 spiro atoms. The summed E-state index contributed by atoms with van der Waals surface area (Å²) in [6.07, 6.45) is 0. The molecule has 0 bridgehead atoms. The lowest BCUT2D eigenvalue weighted by molar-refractivity contribution is 0.1000. The van der Waals surface area contributed by atoms with Crippen molar-refractivity contribution < 1.29 is 19.4 Å². The van der Waals surface area contributed by atoms with Gasteiger partial charge in [-0.3, -0.25) is 4.79 Å². The van der Waals surface area contributed by atoms with E-state index >= 15 is 0 Å². The molecule has 0 radical (unpaired) electrons. The lowest BCUT2D eigenvalue weighted by Crippen LogP contribution is -2.10. The molecule has 0 heterocycles. The number of nitrogens with two attached hydrogens (primary N) is 1. The number of rotatable bonds is 5. The van der Waals surface area contributed by atoms with E-state index in [2.05, 4.69) is 15.9 Å². The van der Waals surface area contributed by atoms with Gasteiger partial charge in [0.05, 0.1) is 18.2 Å². The molecule has 0 fully saturated rings. The molecule has 2 rings (SSSR count). The Bertz CT molecular complexity index is 673. The molecule has 21 heavy (non-hydrogen) atoms. The van der Waals surface area contributed by atoms with Crippen LogP contribution in [0.15, 0.2) is 40.9 Å². The van der Waals surface area contributed by atoms with Gasteiger partial charge in [-0.2, -0.15) is 0 Å². The van der Waals surface area contributed by atoms with Crippen molar-refractivity contribution in [3.63, 3.8) is 0 Å². The van der Waals surface area contributed by atoms with E-state index in [-0.39, 0.29) is 6.61 Å². The third-order valence-electron chi connectivity index (χ3n) is 2.85. The van der Waals surface area contributed by atoms with Crippen LogP contribution in [0.3, 0.4) is 0 Å². The third kappa shape index (κ3) is 3.53. The summed E-state index contributed by atoms with van der Waals surface area (Å²) in [5.74, 6) is 1.02. The second-order valence-corrected chi connectivity index (χ2v) is 5.11. The van der Waals surface area contributed by atoms with Crippen molar-refractivity contribution in [2.75, 3.05) is 7.11 Å². The van der Waals surface area contributed by atoms with Gasteiger partial charge in [0.2, 0.25) is 5.91 Å². The number of primary amides is 1. The van der Waals surface area contributed by atoms with E-state index in [0.29, 0.717) is 27.3 Å². The first-order valence-electron chi connectivity index (χ1n) is 6.10. The number of ether oxygens (including phenoxy) is 2. The highest BCUT2D eigenvalue weighted by Crippen LogP contribution is 2.36. The van der Waals surface area contributed by atoms with Crippen molar-refractivity contribution in [3.05, 3.63) is 52.0 Å². The van der Waals surface area contributed by atoms with Gasteiger partial charge in [-0.1, -0.05) is 6.07 Å². The molecular formula is C15H14BrNO4. The number of hydrogen-bond donors (Lipinski definition) is 2. The van der Waals surface area contributed by atoms with Crippen LogP contribution in [0.4, 0.5) is 0 Å². The average Bonchev–Trinajstić information content (AvgIpc) is 2.49. The second-order valence-electron chi connectivity index (χ2n) is 4.25. The summed E-state index contributed by atoms with van der Waals surface area (Å²) in [5.41, 5.74) is 6.33. The summed E-state index contributed by atoms with van der Waals surface area (Å²) in [5, 5.41) is 9.12. The van der Waals surface area contributed by atoms with Crippen LogP contribution in [-0.4, -0.2) is 18.1 Å². The van der Waals surface area contributed by atoms with Crippen molar-refractivity contribution in [1.82, 2.24) is 0 Å². The van der Waals surface area contributed by atoms with E-state index in [4.69, 9.17) is 20.3 Å². The maximum absolute atomic E-state index is 11.1. The number of aliphatic hydroxyl groups is 1. The molecule has 110 valence electrons. The van der Waals surface area contributed by atoms with E-state index in [0.717, 1.165) is 5.56 Å². The Labute approximate surface area is 130 Å². The number of benzene rings is 2. The monoisotopic (exact) mass is 351 g/mol. The van der Waals surface area contributed by atoms with Crippen LogP contribution in [0, 0.1) is 0 Å². The van der Waals surface area contributed by atoms with Crippen LogP contribution >= 0.6 is 15.9 Å². The van der Waals surface area contributed by atoms with Crippen molar-refractivity contribution >= 4 is 21.8 Å². The van der Waals surface area contributed by atoms with Gasteiger partial charge in [-0.05, 0) is 51.8 Å². The average molecular weight is 352 g/mol. The van der Waals surface area contributed by atoms with E-state index in [1.807, 2.05) is 0 Å². The molecule has 6 heteroatoms. The zero-order valence-corrected chi connectivity index (χ0v) is 12.9. The highest BCUT2D eigenvalue weighted by molar-refractivity contribution is 9.10. The molecule has 0 aliphatic heterocycles. The van der Waals surface area contributed by atoms with Gasteiger partial charge in [0, 0.05) is 5.56 Å². The SMILES string of the molecule is COc1cc(CO)ccc1Oc1ccc(C(N)=O)cc1Br. The first-order valence-corrected chi connectivity index (χ1v) is 6.89. The zero-order chi connectivity index (χ0) is 15.4. The minimum absolute atomic E-state index is 0.0758. The van der Waals surface area contributed by atoms with Gasteiger partial charge in [0.1, 0.15) is 5.75 Å². The topological polar surface area (TPSA) is 81.8 Å². The molecule has 2 aromatic rings. The first-order chi connectivity index (χ1) is 10.0. The van der Waals surface area contributed by atoms with Crippen LogP contribution in [0.2, 0.25) is 0 Å². The Morgan fingerprint density at radius 2 is 1.90 bits per heavy atom. The van der Waals surface area contributed by atoms with Gasteiger partial charge in [0.15, 0.2) is 11.5 Å². The summed E-state index contributed by atoms with van der Waals surface area (Å²) in [7, 11) is 1.52. The number of carbonyl (C=O) groups is 1. The van der Waals surface area contributed by atoms with Crippen LogP contribution < -0.4 is 15.2 Å². The van der Waals surface area contributed by atoms with Crippen LogP contribution in [0.1, 0.15) is 15.9 Å². The molecule has 0 aromatic heterocycles. The number of halogens is 1. The summed E-state index contributed by atoms with van der Waals surface area (Å²) < 4.78 is 11.6. The number of amides is 1. The third-order valence-corrected chi connectivity index (χ3v) is 3.47. The Kier molecular flexibility index (Phi) is 4.82. The summed E-state index contributed by atoms with van der Waals surface area (Å²) in [4.78, 5) is 11.1. The molecule has 0 aliphatic rings.